The molecule has 0 bridgehead atoms. The normalized spacial score (nSPS) is 10.3. The minimum absolute atomic E-state index is 0.729. The molecule has 0 amide bonds. The van der Waals surface area contributed by atoms with E-state index in [2.05, 4.69) is 48.2 Å². The fourth-order valence-electron chi connectivity index (χ4n) is 2.06. The summed E-state index contributed by atoms with van der Waals surface area (Å²) < 4.78 is 0. The van der Waals surface area contributed by atoms with Gasteiger partial charge in [0.2, 0.25) is 0 Å². The number of aryl methyl sites for hydroxylation is 3. The molecule has 17 heavy (non-hydrogen) atoms. The molecule has 0 unspecified atom stereocenters. The number of anilines is 1. The molecule has 0 aliphatic rings. The summed E-state index contributed by atoms with van der Waals surface area (Å²) in [5.41, 5.74) is 6.05. The van der Waals surface area contributed by atoms with Crippen molar-refractivity contribution in [1.29, 1.82) is 0 Å². The first-order chi connectivity index (χ1) is 8.16. The topological polar surface area (TPSA) is 37.8 Å². The Bertz CT molecular complexity index is 483. The second-order valence-electron chi connectivity index (χ2n) is 4.33. The second kappa shape index (κ2) is 4.95. The summed E-state index contributed by atoms with van der Waals surface area (Å²) in [6, 6.07) is 6.30. The predicted octanol–water partition coefficient (Wildman–Crippen LogP) is 3.01. The fraction of sp³-hybridized carbons (Fsp3) is 0.286. The fourth-order valence-corrected chi connectivity index (χ4v) is 2.06. The van der Waals surface area contributed by atoms with E-state index < -0.39 is 0 Å². The monoisotopic (exact) mass is 227 g/mol. The van der Waals surface area contributed by atoms with E-state index in [0.717, 1.165) is 12.2 Å². The Kier molecular flexibility index (Phi) is 3.38. The van der Waals surface area contributed by atoms with Crippen molar-refractivity contribution in [2.45, 2.75) is 27.3 Å². The van der Waals surface area contributed by atoms with Crippen LogP contribution >= 0.6 is 0 Å². The summed E-state index contributed by atoms with van der Waals surface area (Å²) in [6.45, 7) is 7.10. The average molecular weight is 227 g/mol. The molecule has 0 aliphatic carbocycles. The third-order valence-corrected chi connectivity index (χ3v) is 2.77. The molecule has 1 N–H and O–H groups in total. The molecule has 0 aliphatic heterocycles. The smallest absolute Gasteiger partial charge is 0.115 e. The van der Waals surface area contributed by atoms with Crippen LogP contribution in [0.2, 0.25) is 0 Å². The van der Waals surface area contributed by atoms with Crippen molar-refractivity contribution >= 4 is 5.69 Å². The van der Waals surface area contributed by atoms with Gasteiger partial charge < -0.3 is 5.32 Å². The molecule has 88 valence electrons. The number of rotatable bonds is 3. The minimum atomic E-state index is 0.729. The SMILES string of the molecule is Cc1cc(C)c(NCc2ccncn2)c(C)c1. The van der Waals surface area contributed by atoms with Crippen molar-refractivity contribution in [3.8, 4) is 0 Å². The van der Waals surface area contributed by atoms with Gasteiger partial charge in [0.15, 0.2) is 0 Å². The molecule has 0 fully saturated rings. The van der Waals surface area contributed by atoms with Gasteiger partial charge in [-0.05, 0) is 38.0 Å². The number of hydrogen-bond acceptors (Lipinski definition) is 3. The van der Waals surface area contributed by atoms with E-state index in [9.17, 15) is 0 Å². The molecular weight excluding hydrogens is 210 g/mol. The molecule has 3 nitrogen and oxygen atoms in total. The Morgan fingerprint density at radius 3 is 2.41 bits per heavy atom. The first-order valence-corrected chi connectivity index (χ1v) is 5.73. The molecular formula is C14H17N3. The highest BCUT2D eigenvalue weighted by Gasteiger charge is 2.03. The van der Waals surface area contributed by atoms with Gasteiger partial charge in [-0.25, -0.2) is 9.97 Å². The summed E-state index contributed by atoms with van der Waals surface area (Å²) in [5, 5.41) is 3.43. The lowest BCUT2D eigenvalue weighted by atomic mass is 10.1. The predicted molar refractivity (Wildman–Crippen MR) is 70.0 cm³/mol. The van der Waals surface area contributed by atoms with Crippen LogP contribution in [0.4, 0.5) is 5.69 Å². The Labute approximate surface area is 102 Å². The molecule has 0 saturated carbocycles. The highest BCUT2D eigenvalue weighted by molar-refractivity contribution is 5.58. The summed E-state index contributed by atoms with van der Waals surface area (Å²) >= 11 is 0. The van der Waals surface area contributed by atoms with Gasteiger partial charge in [-0.2, -0.15) is 0 Å². The maximum atomic E-state index is 4.20. The van der Waals surface area contributed by atoms with Crippen LogP contribution in [0.15, 0.2) is 30.7 Å². The molecule has 0 atom stereocenters. The van der Waals surface area contributed by atoms with Crippen molar-refractivity contribution in [1.82, 2.24) is 9.97 Å². The Morgan fingerprint density at radius 1 is 1.12 bits per heavy atom. The van der Waals surface area contributed by atoms with E-state index in [-0.39, 0.29) is 0 Å². The van der Waals surface area contributed by atoms with Gasteiger partial charge in [-0.1, -0.05) is 17.7 Å². The standard InChI is InChI=1S/C14H17N3/c1-10-6-11(2)14(12(3)7-10)16-8-13-4-5-15-9-17-13/h4-7,9,16H,8H2,1-3H3. The van der Waals surface area contributed by atoms with Crippen LogP contribution < -0.4 is 5.32 Å². The highest BCUT2D eigenvalue weighted by Crippen LogP contribution is 2.22. The molecule has 1 aromatic carbocycles. The van der Waals surface area contributed by atoms with Crippen LogP contribution in [0.1, 0.15) is 22.4 Å². The zero-order valence-corrected chi connectivity index (χ0v) is 10.5. The van der Waals surface area contributed by atoms with Gasteiger partial charge >= 0.3 is 0 Å². The second-order valence-corrected chi connectivity index (χ2v) is 4.33. The van der Waals surface area contributed by atoms with E-state index in [4.69, 9.17) is 0 Å². The van der Waals surface area contributed by atoms with E-state index in [0.29, 0.717) is 0 Å². The number of aromatic nitrogens is 2. The van der Waals surface area contributed by atoms with E-state index in [1.165, 1.54) is 22.4 Å². The summed E-state index contributed by atoms with van der Waals surface area (Å²) in [6.07, 6.45) is 3.34. The lowest BCUT2D eigenvalue weighted by Gasteiger charge is -2.13. The van der Waals surface area contributed by atoms with Crippen LogP contribution in [0.3, 0.4) is 0 Å². The molecule has 2 aromatic rings. The number of hydrogen-bond donors (Lipinski definition) is 1. The third-order valence-electron chi connectivity index (χ3n) is 2.77. The highest BCUT2D eigenvalue weighted by atomic mass is 14.9. The molecule has 3 heteroatoms. The quantitative estimate of drug-likeness (QED) is 0.875. The molecule has 0 radical (unpaired) electrons. The Hall–Kier alpha value is -1.90. The van der Waals surface area contributed by atoms with Gasteiger partial charge in [-0.15, -0.1) is 0 Å². The maximum Gasteiger partial charge on any atom is 0.115 e. The van der Waals surface area contributed by atoms with Crippen LogP contribution in [0.25, 0.3) is 0 Å². The lowest BCUT2D eigenvalue weighted by molar-refractivity contribution is 1.00. The van der Waals surface area contributed by atoms with E-state index >= 15 is 0 Å². The minimum Gasteiger partial charge on any atom is -0.379 e. The number of nitrogens with one attached hydrogen (secondary N) is 1. The van der Waals surface area contributed by atoms with Gasteiger partial charge in [0.25, 0.3) is 0 Å². The van der Waals surface area contributed by atoms with Crippen molar-refractivity contribution in [2.75, 3.05) is 5.32 Å². The van der Waals surface area contributed by atoms with Crippen molar-refractivity contribution in [3.05, 3.63) is 53.1 Å². The first-order valence-electron chi connectivity index (χ1n) is 5.73. The molecule has 2 rings (SSSR count). The Balaban J connectivity index is 2.15. The van der Waals surface area contributed by atoms with E-state index in [1.54, 1.807) is 12.5 Å². The van der Waals surface area contributed by atoms with Gasteiger partial charge in [0, 0.05) is 11.9 Å². The third kappa shape index (κ3) is 2.81. The van der Waals surface area contributed by atoms with Crippen LogP contribution in [0, 0.1) is 20.8 Å². The van der Waals surface area contributed by atoms with Crippen LogP contribution in [-0.2, 0) is 6.54 Å². The molecule has 0 saturated heterocycles. The van der Waals surface area contributed by atoms with Crippen molar-refractivity contribution in [2.24, 2.45) is 0 Å². The summed E-state index contributed by atoms with van der Waals surface area (Å²) in [5.74, 6) is 0. The first kappa shape index (κ1) is 11.6. The Morgan fingerprint density at radius 2 is 1.82 bits per heavy atom. The van der Waals surface area contributed by atoms with E-state index in [1.807, 2.05) is 6.07 Å². The van der Waals surface area contributed by atoms with Crippen molar-refractivity contribution in [3.63, 3.8) is 0 Å². The van der Waals surface area contributed by atoms with Gasteiger partial charge in [0.05, 0.1) is 12.2 Å². The van der Waals surface area contributed by atoms with Crippen molar-refractivity contribution < 1.29 is 0 Å². The molecule has 1 aromatic heterocycles. The van der Waals surface area contributed by atoms with Gasteiger partial charge in [0.1, 0.15) is 6.33 Å². The summed E-state index contributed by atoms with van der Waals surface area (Å²) in [7, 11) is 0. The average Bonchev–Trinajstić information content (AvgIpc) is 2.29. The lowest BCUT2D eigenvalue weighted by Crippen LogP contribution is -2.04. The maximum absolute atomic E-state index is 4.20. The van der Waals surface area contributed by atoms with Crippen LogP contribution in [-0.4, -0.2) is 9.97 Å². The van der Waals surface area contributed by atoms with Crippen LogP contribution in [0.5, 0.6) is 0 Å². The van der Waals surface area contributed by atoms with Gasteiger partial charge in [-0.3, -0.25) is 0 Å². The molecule has 1 heterocycles. The zero-order valence-electron chi connectivity index (χ0n) is 10.5. The molecule has 0 spiro atoms. The number of benzene rings is 1. The number of nitrogens with zero attached hydrogens (tertiary/aromatic N) is 2. The zero-order chi connectivity index (χ0) is 12.3. The summed E-state index contributed by atoms with van der Waals surface area (Å²) in [4.78, 5) is 8.11. The largest absolute Gasteiger partial charge is 0.379 e.